The molecule has 0 saturated heterocycles. The SMILES string of the molecule is CC1=C(C(C)(C)C)[CH]([Zr]([CH3])([CH3])(=[SiH2])[CH]2C(C(C)(C)C)=C(C)c3c(-c4cccc5ccccc45)ccc(-c4cccc5ccccc45)c32)c2c(-c3cccc4ccccc34)ccc(-c3cccc4ccccc34)c21.Cl.Cl. The molecule has 0 aromatic heterocycles. The molecule has 0 aliphatic heterocycles. The molecular formula is C70H68Cl2SiZr. The van der Waals surface area contributed by atoms with Crippen molar-refractivity contribution in [2.45, 2.75) is 71.9 Å². The third kappa shape index (κ3) is 8.00. The number of hydrogen-bond acceptors (Lipinski definition) is 0. The Hall–Kier alpha value is -5.60. The number of hydrogen-bond donors (Lipinski definition) is 0. The number of halogens is 2. The molecule has 2 aliphatic rings. The maximum atomic E-state index is 2.90. The van der Waals surface area contributed by atoms with Crippen molar-refractivity contribution in [1.82, 2.24) is 0 Å². The number of benzene rings is 10. The summed E-state index contributed by atoms with van der Waals surface area (Å²) in [5.41, 5.74) is 22.8. The van der Waals surface area contributed by atoms with Crippen LogP contribution < -0.4 is 0 Å². The van der Waals surface area contributed by atoms with Gasteiger partial charge in [-0.2, -0.15) is 0 Å². The second-order valence-electron chi connectivity index (χ2n) is 24.4. The topological polar surface area (TPSA) is 0 Å². The molecule has 2 atom stereocenters. The van der Waals surface area contributed by atoms with Crippen molar-refractivity contribution in [2.75, 3.05) is 0 Å². The fraction of sp³-hybridized carbons (Fsp3) is 0.200. The summed E-state index contributed by atoms with van der Waals surface area (Å²) in [5, 5.41) is 10.4. The molecule has 0 amide bonds. The predicted molar refractivity (Wildman–Crippen MR) is 329 cm³/mol. The van der Waals surface area contributed by atoms with Crippen LogP contribution in [0.4, 0.5) is 0 Å². The third-order valence-corrected chi connectivity index (χ3v) is 34.0. The van der Waals surface area contributed by atoms with E-state index in [0.717, 1.165) is 0 Å². The molecule has 74 heavy (non-hydrogen) atoms. The average molecular weight is 1100 g/mol. The van der Waals surface area contributed by atoms with Crippen LogP contribution in [0.5, 0.6) is 0 Å². The zero-order chi connectivity index (χ0) is 50.1. The van der Waals surface area contributed by atoms with E-state index in [0.29, 0.717) is 0 Å². The second-order valence-corrected chi connectivity index (χ2v) is 54.9. The molecule has 2 unspecified atom stereocenters. The van der Waals surface area contributed by atoms with E-state index in [1.807, 2.05) is 0 Å². The Balaban J connectivity index is 0.00000313. The molecule has 370 valence electrons. The summed E-state index contributed by atoms with van der Waals surface area (Å²) in [6.07, 6.45) is 0. The van der Waals surface area contributed by atoms with Crippen LogP contribution in [0, 0.1) is 10.8 Å². The van der Waals surface area contributed by atoms with Gasteiger partial charge in [0.15, 0.2) is 0 Å². The Bertz CT molecular complexity index is 3790. The Morgan fingerprint density at radius 2 is 0.568 bits per heavy atom. The van der Waals surface area contributed by atoms with Gasteiger partial charge in [-0.3, -0.25) is 0 Å². The Kier molecular flexibility index (Phi) is 13.0. The minimum absolute atomic E-state index is 0. The van der Waals surface area contributed by atoms with Gasteiger partial charge in [0, 0.05) is 0 Å². The molecule has 0 saturated carbocycles. The molecule has 10 aromatic carbocycles. The van der Waals surface area contributed by atoms with Crippen LogP contribution in [0.25, 0.3) is 98.7 Å². The van der Waals surface area contributed by atoms with Gasteiger partial charge in [0.2, 0.25) is 0 Å². The van der Waals surface area contributed by atoms with Crippen molar-refractivity contribution >= 4 is 85.9 Å². The summed E-state index contributed by atoms with van der Waals surface area (Å²) < 4.78 is 6.25. The number of fused-ring (bicyclic) bond motifs is 6. The Morgan fingerprint density at radius 1 is 0.324 bits per heavy atom. The molecule has 12 rings (SSSR count). The smallest absolute Gasteiger partial charge is 0.147 e. The molecule has 4 heteroatoms. The Labute approximate surface area is 454 Å². The quantitative estimate of drug-likeness (QED) is 0.146. The van der Waals surface area contributed by atoms with Crippen molar-refractivity contribution < 1.29 is 17.4 Å². The van der Waals surface area contributed by atoms with Gasteiger partial charge >= 0.3 is 433 Å². The minimum Gasteiger partial charge on any atom is -0.147 e. The summed E-state index contributed by atoms with van der Waals surface area (Å²) in [6, 6.07) is 74.0. The van der Waals surface area contributed by atoms with Gasteiger partial charge in [-0.05, 0) is 0 Å². The first-order valence-electron chi connectivity index (χ1n) is 26.2. The van der Waals surface area contributed by atoms with Crippen LogP contribution in [0.3, 0.4) is 0 Å². The summed E-state index contributed by atoms with van der Waals surface area (Å²) in [6.45, 7) is 22.6. The average Bonchev–Trinajstić information content (AvgIpc) is 3.89. The normalized spacial score (nSPS) is 15.9. The molecular weight excluding hydrogens is 1030 g/mol. The van der Waals surface area contributed by atoms with Crippen LogP contribution in [0.15, 0.2) is 205 Å². The van der Waals surface area contributed by atoms with Crippen molar-refractivity contribution in [3.63, 3.8) is 0 Å². The van der Waals surface area contributed by atoms with Crippen LogP contribution in [0.1, 0.15) is 84.9 Å². The van der Waals surface area contributed by atoms with Crippen LogP contribution in [0.2, 0.25) is 9.26 Å². The van der Waals surface area contributed by atoms with E-state index in [4.69, 9.17) is 0 Å². The van der Waals surface area contributed by atoms with Crippen molar-refractivity contribution in [2.24, 2.45) is 10.8 Å². The fourth-order valence-electron chi connectivity index (χ4n) is 14.5. The van der Waals surface area contributed by atoms with E-state index in [9.17, 15) is 0 Å². The molecule has 0 N–H and O–H groups in total. The van der Waals surface area contributed by atoms with E-state index in [-0.39, 0.29) is 42.9 Å². The van der Waals surface area contributed by atoms with E-state index < -0.39 is 17.4 Å². The van der Waals surface area contributed by atoms with Gasteiger partial charge in [0.05, 0.1) is 0 Å². The zero-order valence-corrected chi connectivity index (χ0v) is 50.2. The van der Waals surface area contributed by atoms with Crippen LogP contribution in [-0.4, -0.2) is 6.88 Å². The maximum Gasteiger partial charge on any atom is -0.147 e. The minimum atomic E-state index is -4.65. The molecule has 0 bridgehead atoms. The molecule has 2 aliphatic carbocycles. The molecule has 0 spiro atoms. The predicted octanol–water partition coefficient (Wildman–Crippen LogP) is 20.6. The monoisotopic (exact) mass is 1100 g/mol. The summed E-state index contributed by atoms with van der Waals surface area (Å²) in [4.78, 5) is 0. The van der Waals surface area contributed by atoms with E-state index in [1.54, 1.807) is 22.3 Å². The zero-order valence-electron chi connectivity index (χ0n) is 44.7. The van der Waals surface area contributed by atoms with Crippen LogP contribution >= 0.6 is 24.8 Å². The van der Waals surface area contributed by atoms with Gasteiger partial charge in [-0.15, -0.1) is 24.8 Å². The van der Waals surface area contributed by atoms with Gasteiger partial charge in [0.1, 0.15) is 0 Å². The second kappa shape index (κ2) is 18.6. The summed E-state index contributed by atoms with van der Waals surface area (Å²) in [5.74, 6) is 0. The third-order valence-electron chi connectivity index (χ3n) is 17.0. The largest absolute Gasteiger partial charge is 0.147 e. The first-order chi connectivity index (χ1) is 34.4. The first-order valence-corrected chi connectivity index (χ1v) is 39.9. The number of rotatable bonds is 6. The van der Waals surface area contributed by atoms with Crippen molar-refractivity contribution in [1.29, 1.82) is 0 Å². The van der Waals surface area contributed by atoms with Gasteiger partial charge in [-0.1, -0.05) is 0 Å². The van der Waals surface area contributed by atoms with Gasteiger partial charge < -0.3 is 0 Å². The maximum absolute atomic E-state index is 4.65. The fourth-order valence-corrected chi connectivity index (χ4v) is 34.1. The molecule has 0 nitrogen and oxygen atoms in total. The summed E-state index contributed by atoms with van der Waals surface area (Å²) in [7, 11) is 0. The van der Waals surface area contributed by atoms with Gasteiger partial charge in [-0.25, -0.2) is 0 Å². The van der Waals surface area contributed by atoms with E-state index >= 15 is 0 Å². The van der Waals surface area contributed by atoms with Crippen molar-refractivity contribution in [3.8, 4) is 44.5 Å². The van der Waals surface area contributed by atoms with Gasteiger partial charge in [0.25, 0.3) is 0 Å². The molecule has 0 fully saturated rings. The molecule has 0 radical (unpaired) electrons. The van der Waals surface area contributed by atoms with E-state index in [1.165, 1.54) is 110 Å². The van der Waals surface area contributed by atoms with Crippen LogP contribution in [-0.2, 0) is 17.4 Å². The standard InChI is InChI=1S/2C34H29.2CH3.2ClH.H2Si.Zr/c2*1-22-32(34(2,3)4)21-31-29(27-17-9-13-23-11-5-7-15-25(23)27)19-20-30(33(22)31)28-18-10-14-24-12-6-8-16-26(24)28;;;;;;/h2*5-21H,1-4H3;2*1H3;2*1H;1H2;. The van der Waals surface area contributed by atoms with Crippen molar-refractivity contribution in [3.05, 3.63) is 228 Å². The Morgan fingerprint density at radius 3 is 0.851 bits per heavy atom. The summed E-state index contributed by atoms with van der Waals surface area (Å²) >= 11 is -4.65. The van der Waals surface area contributed by atoms with E-state index in [2.05, 4.69) is 266 Å². The first kappa shape index (κ1) is 51.9. The molecule has 0 heterocycles. The molecule has 10 aromatic rings. The number of allylic oxidation sites excluding steroid dienone is 4.